The van der Waals surface area contributed by atoms with Gasteiger partial charge in [-0.25, -0.2) is 0 Å². The lowest BCUT2D eigenvalue weighted by Gasteiger charge is -2.09. The summed E-state index contributed by atoms with van der Waals surface area (Å²) in [5.41, 5.74) is 3.66. The summed E-state index contributed by atoms with van der Waals surface area (Å²) in [5, 5.41) is 6.51. The van der Waals surface area contributed by atoms with Crippen LogP contribution in [0.25, 0.3) is 0 Å². The number of nitrogens with one attached hydrogen (secondary N) is 2. The molecule has 2 aromatic carbocycles. The van der Waals surface area contributed by atoms with Crippen molar-refractivity contribution in [2.45, 2.75) is 39.0 Å². The van der Waals surface area contributed by atoms with E-state index in [0.29, 0.717) is 0 Å². The number of rotatable bonds is 9. The van der Waals surface area contributed by atoms with E-state index in [-0.39, 0.29) is 0 Å². The molecule has 0 atom stereocenters. The minimum Gasteiger partial charge on any atom is -0.494 e. The van der Waals surface area contributed by atoms with Crippen LogP contribution >= 0.6 is 0 Å². The first kappa shape index (κ1) is 18.3. The van der Waals surface area contributed by atoms with Gasteiger partial charge < -0.3 is 15.4 Å². The topological polar surface area (TPSA) is 45.6 Å². The third-order valence-electron chi connectivity index (χ3n) is 4.49. The number of aliphatic imine (C=N–C) groups is 1. The summed E-state index contributed by atoms with van der Waals surface area (Å²) in [6.07, 6.45) is 5.87. The molecule has 1 aliphatic heterocycles. The van der Waals surface area contributed by atoms with Crippen molar-refractivity contribution in [3.05, 3.63) is 59.7 Å². The predicted octanol–water partition coefficient (Wildman–Crippen LogP) is 4.61. The van der Waals surface area contributed by atoms with Gasteiger partial charge in [-0.15, -0.1) is 0 Å². The van der Waals surface area contributed by atoms with E-state index in [1.165, 1.54) is 30.4 Å². The van der Waals surface area contributed by atoms with E-state index in [1.54, 1.807) is 0 Å². The van der Waals surface area contributed by atoms with Gasteiger partial charge in [0.05, 0.1) is 13.2 Å². The largest absolute Gasteiger partial charge is 0.494 e. The van der Waals surface area contributed by atoms with Crippen molar-refractivity contribution in [2.24, 2.45) is 4.99 Å². The third-order valence-corrected chi connectivity index (χ3v) is 4.49. The molecule has 0 fully saturated rings. The molecule has 0 unspecified atom stereocenters. The molecular weight excluding hydrogens is 322 g/mol. The first-order chi connectivity index (χ1) is 12.8. The summed E-state index contributed by atoms with van der Waals surface area (Å²) < 4.78 is 5.81. The van der Waals surface area contributed by atoms with Gasteiger partial charge >= 0.3 is 0 Å². The van der Waals surface area contributed by atoms with Crippen LogP contribution in [0.2, 0.25) is 0 Å². The Bertz CT molecular complexity index is 692. The molecule has 0 radical (unpaired) electrons. The molecule has 0 bridgehead atoms. The van der Waals surface area contributed by atoms with E-state index in [9.17, 15) is 0 Å². The number of ether oxygens (including phenoxy) is 1. The van der Waals surface area contributed by atoms with Gasteiger partial charge in [-0.1, -0.05) is 50.5 Å². The lowest BCUT2D eigenvalue weighted by atomic mass is 10.0. The molecular formula is C22H29N3O. The second-order valence-corrected chi connectivity index (χ2v) is 6.71. The quantitative estimate of drug-likeness (QED) is 0.649. The van der Waals surface area contributed by atoms with E-state index in [1.807, 2.05) is 0 Å². The molecule has 4 nitrogen and oxygen atoms in total. The fraction of sp³-hybridized carbons (Fsp3) is 0.409. The van der Waals surface area contributed by atoms with Crippen molar-refractivity contribution in [3.8, 4) is 5.75 Å². The molecule has 0 aromatic heterocycles. The maximum atomic E-state index is 5.81. The summed E-state index contributed by atoms with van der Waals surface area (Å²) >= 11 is 0. The van der Waals surface area contributed by atoms with Crippen LogP contribution in [0.15, 0.2) is 53.5 Å². The summed E-state index contributed by atoms with van der Waals surface area (Å²) in [7, 11) is 0. The second-order valence-electron chi connectivity index (χ2n) is 6.71. The van der Waals surface area contributed by atoms with Crippen LogP contribution in [0, 0.1) is 0 Å². The second kappa shape index (κ2) is 9.85. The van der Waals surface area contributed by atoms with Crippen molar-refractivity contribution < 1.29 is 4.74 Å². The fourth-order valence-electron chi connectivity index (χ4n) is 2.98. The minimum atomic E-state index is 0.813. The summed E-state index contributed by atoms with van der Waals surface area (Å²) in [6, 6.07) is 17.0. The number of hydrogen-bond donors (Lipinski definition) is 2. The van der Waals surface area contributed by atoms with E-state index in [0.717, 1.165) is 49.9 Å². The van der Waals surface area contributed by atoms with Gasteiger partial charge in [0.2, 0.25) is 0 Å². The van der Waals surface area contributed by atoms with Crippen LogP contribution in [0.1, 0.15) is 43.7 Å². The van der Waals surface area contributed by atoms with E-state index < -0.39 is 0 Å². The van der Waals surface area contributed by atoms with Gasteiger partial charge in [-0.3, -0.25) is 4.99 Å². The van der Waals surface area contributed by atoms with E-state index >= 15 is 0 Å². The summed E-state index contributed by atoms with van der Waals surface area (Å²) in [5.74, 6) is 1.83. The highest BCUT2D eigenvalue weighted by atomic mass is 16.5. The Morgan fingerprint density at radius 2 is 1.69 bits per heavy atom. The van der Waals surface area contributed by atoms with Crippen LogP contribution in [0.5, 0.6) is 5.75 Å². The zero-order valence-electron chi connectivity index (χ0n) is 15.6. The molecule has 1 aliphatic rings. The average Bonchev–Trinajstić information content (AvgIpc) is 3.18. The van der Waals surface area contributed by atoms with Crippen LogP contribution in [-0.2, 0) is 6.42 Å². The number of hydrogen-bond acceptors (Lipinski definition) is 4. The lowest BCUT2D eigenvalue weighted by Crippen LogP contribution is -2.26. The highest BCUT2D eigenvalue weighted by molar-refractivity contribution is 5.94. The van der Waals surface area contributed by atoms with Gasteiger partial charge in [-0.05, 0) is 48.2 Å². The Kier molecular flexibility index (Phi) is 6.94. The molecule has 2 aromatic rings. The van der Waals surface area contributed by atoms with Gasteiger partial charge in [0.25, 0.3) is 0 Å². The molecule has 3 rings (SSSR count). The van der Waals surface area contributed by atoms with E-state index in [2.05, 4.69) is 71.1 Å². The van der Waals surface area contributed by atoms with Gasteiger partial charge in [0.1, 0.15) is 5.75 Å². The van der Waals surface area contributed by atoms with Crippen LogP contribution in [0.3, 0.4) is 0 Å². The Morgan fingerprint density at radius 1 is 0.962 bits per heavy atom. The van der Waals surface area contributed by atoms with Crippen molar-refractivity contribution >= 4 is 11.6 Å². The van der Waals surface area contributed by atoms with Gasteiger partial charge in [-0.2, -0.15) is 0 Å². The number of benzene rings is 2. The van der Waals surface area contributed by atoms with Crippen LogP contribution < -0.4 is 15.4 Å². The number of guanidine groups is 1. The molecule has 0 aliphatic carbocycles. The highest BCUT2D eigenvalue weighted by Gasteiger charge is 2.05. The molecule has 0 saturated heterocycles. The average molecular weight is 351 g/mol. The minimum absolute atomic E-state index is 0.813. The van der Waals surface area contributed by atoms with Crippen molar-refractivity contribution in [3.63, 3.8) is 0 Å². The SMILES string of the molecule is CCCCCCOc1ccc(Cc2ccc(NC3=NCCN3)cc2)cc1. The predicted molar refractivity (Wildman–Crippen MR) is 109 cm³/mol. The van der Waals surface area contributed by atoms with Crippen molar-refractivity contribution in [2.75, 3.05) is 25.0 Å². The monoisotopic (exact) mass is 351 g/mol. The Hall–Kier alpha value is -2.49. The Labute approximate surface area is 156 Å². The Morgan fingerprint density at radius 3 is 2.35 bits per heavy atom. The molecule has 0 amide bonds. The van der Waals surface area contributed by atoms with E-state index in [4.69, 9.17) is 4.74 Å². The third kappa shape index (κ3) is 5.80. The number of anilines is 1. The molecule has 138 valence electrons. The zero-order chi connectivity index (χ0) is 18.0. The standard InChI is InChI=1S/C22H29N3O/c1-2-3-4-5-16-26-21-12-8-19(9-13-21)17-18-6-10-20(11-7-18)25-22-23-14-15-24-22/h6-13H,2-5,14-17H2,1H3,(H2,23,24,25). The zero-order valence-corrected chi connectivity index (χ0v) is 15.6. The lowest BCUT2D eigenvalue weighted by molar-refractivity contribution is 0.305. The first-order valence-electron chi connectivity index (χ1n) is 9.69. The molecule has 0 saturated carbocycles. The first-order valence-corrected chi connectivity index (χ1v) is 9.69. The van der Waals surface area contributed by atoms with Crippen LogP contribution in [0.4, 0.5) is 5.69 Å². The van der Waals surface area contributed by atoms with Crippen LogP contribution in [-0.4, -0.2) is 25.7 Å². The van der Waals surface area contributed by atoms with Crippen molar-refractivity contribution in [1.29, 1.82) is 0 Å². The summed E-state index contributed by atoms with van der Waals surface area (Å²) in [4.78, 5) is 4.35. The molecule has 2 N–H and O–H groups in total. The van der Waals surface area contributed by atoms with Gasteiger partial charge in [0.15, 0.2) is 5.96 Å². The van der Waals surface area contributed by atoms with Crippen molar-refractivity contribution in [1.82, 2.24) is 5.32 Å². The summed E-state index contributed by atoms with van der Waals surface area (Å²) in [6.45, 7) is 4.80. The molecule has 4 heteroatoms. The highest BCUT2D eigenvalue weighted by Crippen LogP contribution is 2.17. The molecule has 1 heterocycles. The number of nitrogens with zero attached hydrogens (tertiary/aromatic N) is 1. The smallest absolute Gasteiger partial charge is 0.195 e. The molecule has 26 heavy (non-hydrogen) atoms. The number of unbranched alkanes of at least 4 members (excludes halogenated alkanes) is 3. The normalized spacial score (nSPS) is 13.2. The van der Waals surface area contributed by atoms with Gasteiger partial charge in [0, 0.05) is 12.2 Å². The Balaban J connectivity index is 1.46. The fourth-order valence-corrected chi connectivity index (χ4v) is 2.98. The maximum Gasteiger partial charge on any atom is 0.195 e. The maximum absolute atomic E-state index is 5.81. The molecule has 0 spiro atoms.